The van der Waals surface area contributed by atoms with Gasteiger partial charge in [0, 0.05) is 12.1 Å². The molecule has 0 heterocycles. The molecule has 0 saturated heterocycles. The molecule has 1 fully saturated rings. The van der Waals surface area contributed by atoms with E-state index in [9.17, 15) is 9.59 Å². The zero-order valence-corrected chi connectivity index (χ0v) is 13.7. The van der Waals surface area contributed by atoms with Crippen LogP contribution in [-0.2, 0) is 0 Å². The highest BCUT2D eigenvalue weighted by Gasteiger charge is 2.28. The van der Waals surface area contributed by atoms with Crippen LogP contribution in [0.5, 0.6) is 11.5 Å². The lowest BCUT2D eigenvalue weighted by Gasteiger charge is -2.14. The Hall–Kier alpha value is -3.02. The van der Waals surface area contributed by atoms with Gasteiger partial charge in [-0.1, -0.05) is 36.4 Å². The van der Waals surface area contributed by atoms with Crippen LogP contribution in [0.2, 0.25) is 0 Å². The van der Waals surface area contributed by atoms with Gasteiger partial charge in [0.15, 0.2) is 0 Å². The van der Waals surface area contributed by atoms with E-state index in [-0.39, 0.29) is 12.1 Å². The molecule has 1 aliphatic rings. The minimum atomic E-state index is -0.483. The molecule has 2 unspecified atom stereocenters. The van der Waals surface area contributed by atoms with Crippen LogP contribution in [0.4, 0.5) is 9.59 Å². The van der Waals surface area contributed by atoms with Gasteiger partial charge in [0.2, 0.25) is 0 Å². The average molecular weight is 340 g/mol. The summed E-state index contributed by atoms with van der Waals surface area (Å²) < 4.78 is 10.4. The minimum Gasteiger partial charge on any atom is -0.410 e. The Kier molecular flexibility index (Phi) is 5.51. The molecule has 2 amide bonds. The number of ether oxygens (including phenoxy) is 2. The highest BCUT2D eigenvalue weighted by atomic mass is 16.6. The third-order valence-corrected chi connectivity index (χ3v) is 3.98. The largest absolute Gasteiger partial charge is 0.412 e. The first kappa shape index (κ1) is 16.8. The van der Waals surface area contributed by atoms with Crippen molar-refractivity contribution in [2.75, 3.05) is 0 Å². The average Bonchev–Trinajstić information content (AvgIpc) is 3.03. The van der Waals surface area contributed by atoms with Crippen molar-refractivity contribution in [3.63, 3.8) is 0 Å². The van der Waals surface area contributed by atoms with Gasteiger partial charge in [-0.15, -0.1) is 0 Å². The zero-order valence-electron chi connectivity index (χ0n) is 13.7. The van der Waals surface area contributed by atoms with Crippen molar-refractivity contribution in [2.24, 2.45) is 0 Å². The first-order valence-corrected chi connectivity index (χ1v) is 8.26. The summed E-state index contributed by atoms with van der Waals surface area (Å²) in [5.74, 6) is 0.998. The summed E-state index contributed by atoms with van der Waals surface area (Å²) in [4.78, 5) is 23.8. The number of nitrogens with one attached hydrogen (secondary N) is 2. The topological polar surface area (TPSA) is 76.7 Å². The molecule has 2 aromatic carbocycles. The summed E-state index contributed by atoms with van der Waals surface area (Å²) in [6.07, 6.45) is 1.24. The molecule has 6 nitrogen and oxygen atoms in total. The second kappa shape index (κ2) is 8.19. The van der Waals surface area contributed by atoms with Crippen molar-refractivity contribution < 1.29 is 19.1 Å². The summed E-state index contributed by atoms with van der Waals surface area (Å²) in [6, 6.07) is 17.7. The molecule has 130 valence electrons. The van der Waals surface area contributed by atoms with Crippen molar-refractivity contribution in [1.29, 1.82) is 0 Å². The first-order chi connectivity index (χ1) is 12.2. The Morgan fingerprint density at radius 3 is 1.52 bits per heavy atom. The number of rotatable bonds is 4. The Morgan fingerprint density at radius 2 is 1.12 bits per heavy atom. The summed E-state index contributed by atoms with van der Waals surface area (Å²) in [5.41, 5.74) is 0. The third-order valence-electron chi connectivity index (χ3n) is 3.98. The fourth-order valence-electron chi connectivity index (χ4n) is 2.83. The second-order valence-electron chi connectivity index (χ2n) is 5.90. The van der Waals surface area contributed by atoms with E-state index >= 15 is 0 Å². The van der Waals surface area contributed by atoms with Crippen molar-refractivity contribution in [3.05, 3.63) is 60.7 Å². The normalized spacial score (nSPS) is 19.0. The molecule has 1 saturated carbocycles. The van der Waals surface area contributed by atoms with Crippen molar-refractivity contribution >= 4 is 12.2 Å². The Morgan fingerprint density at radius 1 is 0.720 bits per heavy atom. The van der Waals surface area contributed by atoms with Gasteiger partial charge < -0.3 is 20.1 Å². The molecule has 2 atom stereocenters. The minimum absolute atomic E-state index is 0.0294. The summed E-state index contributed by atoms with van der Waals surface area (Å²) >= 11 is 0. The van der Waals surface area contributed by atoms with E-state index in [4.69, 9.17) is 9.47 Å². The predicted octanol–water partition coefficient (Wildman–Crippen LogP) is 3.48. The van der Waals surface area contributed by atoms with E-state index in [0.29, 0.717) is 17.9 Å². The van der Waals surface area contributed by atoms with Gasteiger partial charge in [-0.25, -0.2) is 9.59 Å². The van der Waals surface area contributed by atoms with Gasteiger partial charge in [0.1, 0.15) is 11.5 Å². The molecule has 3 rings (SSSR count). The van der Waals surface area contributed by atoms with Crippen LogP contribution in [0.1, 0.15) is 19.3 Å². The molecule has 0 spiro atoms. The monoisotopic (exact) mass is 340 g/mol. The van der Waals surface area contributed by atoms with E-state index in [1.54, 1.807) is 48.5 Å². The van der Waals surface area contributed by atoms with Crippen LogP contribution >= 0.6 is 0 Å². The van der Waals surface area contributed by atoms with E-state index in [1.165, 1.54) is 0 Å². The van der Waals surface area contributed by atoms with Crippen LogP contribution in [0.3, 0.4) is 0 Å². The smallest absolute Gasteiger partial charge is 0.410 e. The predicted molar refractivity (Wildman–Crippen MR) is 92.6 cm³/mol. The summed E-state index contributed by atoms with van der Waals surface area (Å²) in [5, 5.41) is 5.65. The highest BCUT2D eigenvalue weighted by Crippen LogP contribution is 2.20. The molecule has 2 aromatic rings. The van der Waals surface area contributed by atoms with E-state index < -0.39 is 12.2 Å². The molecule has 0 aliphatic heterocycles. The van der Waals surface area contributed by atoms with Gasteiger partial charge in [-0.2, -0.15) is 0 Å². The highest BCUT2D eigenvalue weighted by molar-refractivity contribution is 5.71. The molecule has 0 aromatic heterocycles. The Bertz CT molecular complexity index is 644. The molecule has 2 N–H and O–H groups in total. The van der Waals surface area contributed by atoms with E-state index in [0.717, 1.165) is 12.8 Å². The molecule has 25 heavy (non-hydrogen) atoms. The summed E-state index contributed by atoms with van der Waals surface area (Å²) in [7, 11) is 0. The molecule has 0 radical (unpaired) electrons. The van der Waals surface area contributed by atoms with Gasteiger partial charge in [0.05, 0.1) is 0 Å². The number of para-hydroxylation sites is 2. The van der Waals surface area contributed by atoms with E-state index in [2.05, 4.69) is 10.6 Å². The van der Waals surface area contributed by atoms with Crippen LogP contribution < -0.4 is 20.1 Å². The van der Waals surface area contributed by atoms with Crippen LogP contribution in [0.25, 0.3) is 0 Å². The van der Waals surface area contributed by atoms with Crippen molar-refractivity contribution in [1.82, 2.24) is 10.6 Å². The van der Waals surface area contributed by atoms with Gasteiger partial charge >= 0.3 is 12.2 Å². The Labute approximate surface area is 146 Å². The van der Waals surface area contributed by atoms with Gasteiger partial charge in [-0.3, -0.25) is 0 Å². The Balaban J connectivity index is 1.41. The lowest BCUT2D eigenvalue weighted by atomic mass is 10.2. The lowest BCUT2D eigenvalue weighted by Crippen LogP contribution is -2.39. The number of amides is 2. The fourth-order valence-corrected chi connectivity index (χ4v) is 2.83. The standard InChI is InChI=1S/C19H20N2O4/c22-18(24-16-7-3-1-4-8-16)20-14-11-12-15(13-14)21-19(23)25-17-9-5-2-6-10-17/h1-10,14-15H,11-13H2,(H,20,22)(H,21,23). The molecular formula is C19H20N2O4. The number of carbonyl (C=O) groups excluding carboxylic acids is 2. The molecular weight excluding hydrogens is 320 g/mol. The maximum absolute atomic E-state index is 11.9. The maximum Gasteiger partial charge on any atom is 0.412 e. The number of carbonyl (C=O) groups is 2. The van der Waals surface area contributed by atoms with Crippen LogP contribution in [-0.4, -0.2) is 24.3 Å². The van der Waals surface area contributed by atoms with Crippen LogP contribution in [0.15, 0.2) is 60.7 Å². The summed E-state index contributed by atoms with van der Waals surface area (Å²) in [6.45, 7) is 0. The number of hydrogen-bond donors (Lipinski definition) is 2. The molecule has 1 aliphatic carbocycles. The molecule has 6 heteroatoms. The van der Waals surface area contributed by atoms with Gasteiger partial charge in [0.25, 0.3) is 0 Å². The molecule has 0 bridgehead atoms. The lowest BCUT2D eigenvalue weighted by molar-refractivity contribution is 0.194. The van der Waals surface area contributed by atoms with Crippen molar-refractivity contribution in [3.8, 4) is 11.5 Å². The third kappa shape index (κ3) is 5.24. The van der Waals surface area contributed by atoms with Crippen molar-refractivity contribution in [2.45, 2.75) is 31.3 Å². The number of benzene rings is 2. The quantitative estimate of drug-likeness (QED) is 0.893. The zero-order chi connectivity index (χ0) is 17.5. The first-order valence-electron chi connectivity index (χ1n) is 8.26. The van der Waals surface area contributed by atoms with E-state index in [1.807, 2.05) is 12.1 Å². The number of hydrogen-bond acceptors (Lipinski definition) is 4. The maximum atomic E-state index is 11.9. The second-order valence-corrected chi connectivity index (χ2v) is 5.90. The van der Waals surface area contributed by atoms with Crippen LogP contribution in [0, 0.1) is 0 Å². The SMILES string of the molecule is O=C(NC1CCC(NC(=O)Oc2ccccc2)C1)Oc1ccccc1. The van der Waals surface area contributed by atoms with Gasteiger partial charge in [-0.05, 0) is 43.5 Å². The fraction of sp³-hybridized carbons (Fsp3) is 0.263.